The van der Waals surface area contributed by atoms with Gasteiger partial charge in [-0.3, -0.25) is 4.79 Å². The first kappa shape index (κ1) is 16.5. The van der Waals surface area contributed by atoms with Crippen molar-refractivity contribution in [2.75, 3.05) is 7.05 Å². The van der Waals surface area contributed by atoms with E-state index < -0.39 is 12.1 Å². The predicted octanol–water partition coefficient (Wildman–Crippen LogP) is 3.51. The fraction of sp³-hybridized carbons (Fsp3) is 0.438. The van der Waals surface area contributed by atoms with Crippen molar-refractivity contribution in [1.82, 2.24) is 15.0 Å². The summed E-state index contributed by atoms with van der Waals surface area (Å²) < 4.78 is 41.6. The van der Waals surface area contributed by atoms with Gasteiger partial charge in [0.15, 0.2) is 0 Å². The van der Waals surface area contributed by atoms with Crippen LogP contribution in [0.25, 0.3) is 11.4 Å². The van der Waals surface area contributed by atoms with Gasteiger partial charge in [-0.2, -0.15) is 18.2 Å². The average molecular weight is 339 g/mol. The Morgan fingerprint density at radius 2 is 1.96 bits per heavy atom. The van der Waals surface area contributed by atoms with Crippen LogP contribution in [-0.4, -0.2) is 28.0 Å². The number of benzene rings is 1. The molecule has 1 amide bonds. The predicted molar refractivity (Wildman–Crippen MR) is 78.6 cm³/mol. The molecular weight excluding hydrogens is 323 g/mol. The second-order valence-electron chi connectivity index (χ2n) is 5.94. The van der Waals surface area contributed by atoms with Gasteiger partial charge in [0.2, 0.25) is 11.7 Å². The number of carbonyl (C=O) groups excluding carboxylic acids is 1. The third-order valence-electron chi connectivity index (χ3n) is 4.13. The molecule has 8 heteroatoms. The van der Waals surface area contributed by atoms with E-state index in [1.807, 2.05) is 0 Å². The molecule has 24 heavy (non-hydrogen) atoms. The van der Waals surface area contributed by atoms with E-state index in [9.17, 15) is 18.0 Å². The molecule has 0 saturated heterocycles. The number of carbonyl (C=O) groups is 1. The molecular formula is C16H16F3N3O2. The standard InChI is InChI=1S/C16H16F3N3O2/c1-22(14(23)12-3-2-4-12)9-10-5-7-11(8-6-10)13-20-15(24-21-13)16(17,18)19/h5-8,12H,2-4,9H2,1H3. The van der Waals surface area contributed by atoms with Crippen LogP contribution in [0.2, 0.25) is 0 Å². The van der Waals surface area contributed by atoms with E-state index in [0.29, 0.717) is 12.1 Å². The molecule has 1 aromatic carbocycles. The summed E-state index contributed by atoms with van der Waals surface area (Å²) in [6.45, 7) is 0.454. The molecule has 1 aromatic heterocycles. The van der Waals surface area contributed by atoms with Gasteiger partial charge in [-0.05, 0) is 18.4 Å². The Morgan fingerprint density at radius 1 is 1.29 bits per heavy atom. The van der Waals surface area contributed by atoms with Crippen LogP contribution in [-0.2, 0) is 17.5 Å². The highest BCUT2D eigenvalue weighted by atomic mass is 19.4. The highest BCUT2D eigenvalue weighted by Gasteiger charge is 2.38. The van der Waals surface area contributed by atoms with E-state index in [4.69, 9.17) is 0 Å². The monoisotopic (exact) mass is 339 g/mol. The number of nitrogens with zero attached hydrogens (tertiary/aromatic N) is 3. The molecule has 128 valence electrons. The number of rotatable bonds is 4. The van der Waals surface area contributed by atoms with Crippen LogP contribution in [0.3, 0.4) is 0 Å². The van der Waals surface area contributed by atoms with E-state index in [1.54, 1.807) is 36.2 Å². The minimum atomic E-state index is -4.66. The minimum absolute atomic E-state index is 0.118. The van der Waals surface area contributed by atoms with Crippen molar-refractivity contribution < 1.29 is 22.5 Å². The second kappa shape index (κ2) is 6.26. The summed E-state index contributed by atoms with van der Waals surface area (Å²) in [6, 6.07) is 6.71. The van der Waals surface area contributed by atoms with Crippen molar-refractivity contribution >= 4 is 5.91 Å². The third kappa shape index (κ3) is 3.42. The number of amides is 1. The maximum Gasteiger partial charge on any atom is 0.471 e. The normalized spacial score (nSPS) is 15.2. The zero-order valence-electron chi connectivity index (χ0n) is 13.0. The van der Waals surface area contributed by atoms with Crippen LogP contribution in [0.1, 0.15) is 30.7 Å². The average Bonchev–Trinajstić information content (AvgIpc) is 2.96. The maximum absolute atomic E-state index is 12.5. The third-order valence-corrected chi connectivity index (χ3v) is 4.13. The molecule has 0 N–H and O–H groups in total. The van der Waals surface area contributed by atoms with Crippen LogP contribution >= 0.6 is 0 Å². The molecule has 1 aliphatic rings. The minimum Gasteiger partial charge on any atom is -0.341 e. The Balaban J connectivity index is 1.67. The number of hydrogen-bond donors (Lipinski definition) is 0. The van der Waals surface area contributed by atoms with Crippen LogP contribution in [0.4, 0.5) is 13.2 Å². The molecule has 1 aliphatic carbocycles. The first-order chi connectivity index (χ1) is 11.3. The molecule has 2 aromatic rings. The molecule has 0 radical (unpaired) electrons. The summed E-state index contributed by atoms with van der Waals surface area (Å²) in [4.78, 5) is 17.1. The molecule has 0 spiro atoms. The highest BCUT2D eigenvalue weighted by molar-refractivity contribution is 5.79. The zero-order valence-corrected chi connectivity index (χ0v) is 13.0. The zero-order chi connectivity index (χ0) is 17.3. The fourth-order valence-electron chi connectivity index (χ4n) is 2.53. The van der Waals surface area contributed by atoms with Gasteiger partial charge in [-0.15, -0.1) is 0 Å². The number of alkyl halides is 3. The molecule has 1 heterocycles. The van der Waals surface area contributed by atoms with E-state index in [-0.39, 0.29) is 17.6 Å². The van der Waals surface area contributed by atoms with Crippen molar-refractivity contribution in [3.8, 4) is 11.4 Å². The van der Waals surface area contributed by atoms with Crippen LogP contribution in [0, 0.1) is 5.92 Å². The van der Waals surface area contributed by atoms with E-state index >= 15 is 0 Å². The number of aromatic nitrogens is 2. The Morgan fingerprint density at radius 3 is 2.46 bits per heavy atom. The van der Waals surface area contributed by atoms with Crippen molar-refractivity contribution in [1.29, 1.82) is 0 Å². The van der Waals surface area contributed by atoms with Crippen molar-refractivity contribution in [2.24, 2.45) is 5.92 Å². The molecule has 3 rings (SSSR count). The van der Waals surface area contributed by atoms with Gasteiger partial charge >= 0.3 is 12.1 Å². The van der Waals surface area contributed by atoms with Gasteiger partial charge in [0.05, 0.1) is 0 Å². The molecule has 1 saturated carbocycles. The van der Waals surface area contributed by atoms with Crippen LogP contribution in [0.15, 0.2) is 28.8 Å². The first-order valence-corrected chi connectivity index (χ1v) is 7.60. The van der Waals surface area contributed by atoms with Gasteiger partial charge in [0.25, 0.3) is 0 Å². The number of halogens is 3. The van der Waals surface area contributed by atoms with Crippen LogP contribution < -0.4 is 0 Å². The van der Waals surface area contributed by atoms with Crippen molar-refractivity contribution in [3.63, 3.8) is 0 Å². The molecule has 1 fully saturated rings. The first-order valence-electron chi connectivity index (χ1n) is 7.60. The summed E-state index contributed by atoms with van der Waals surface area (Å²) in [6.07, 6.45) is -1.66. The maximum atomic E-state index is 12.5. The van der Waals surface area contributed by atoms with E-state index in [2.05, 4.69) is 14.7 Å². The summed E-state index contributed by atoms with van der Waals surface area (Å²) in [5.74, 6) is -1.21. The Hall–Kier alpha value is -2.38. The Bertz CT molecular complexity index is 721. The van der Waals surface area contributed by atoms with Gasteiger partial charge in [-0.25, -0.2) is 0 Å². The van der Waals surface area contributed by atoms with Crippen LogP contribution in [0.5, 0.6) is 0 Å². The second-order valence-corrected chi connectivity index (χ2v) is 5.94. The highest BCUT2D eigenvalue weighted by Crippen LogP contribution is 2.30. The lowest BCUT2D eigenvalue weighted by Crippen LogP contribution is -2.35. The fourth-order valence-corrected chi connectivity index (χ4v) is 2.53. The van der Waals surface area contributed by atoms with E-state index in [1.165, 1.54) is 0 Å². The van der Waals surface area contributed by atoms with Gasteiger partial charge in [-0.1, -0.05) is 35.8 Å². The largest absolute Gasteiger partial charge is 0.471 e. The van der Waals surface area contributed by atoms with Crippen molar-refractivity contribution in [2.45, 2.75) is 32.0 Å². The topological polar surface area (TPSA) is 59.2 Å². The van der Waals surface area contributed by atoms with Crippen molar-refractivity contribution in [3.05, 3.63) is 35.7 Å². The molecule has 0 atom stereocenters. The Kier molecular flexibility index (Phi) is 4.29. The lowest BCUT2D eigenvalue weighted by molar-refractivity contribution is -0.159. The SMILES string of the molecule is CN(Cc1ccc(-c2noc(C(F)(F)F)n2)cc1)C(=O)C1CCC1. The van der Waals surface area contributed by atoms with Gasteiger partial charge in [0, 0.05) is 25.1 Å². The summed E-state index contributed by atoms with van der Waals surface area (Å²) in [5, 5.41) is 3.34. The molecule has 5 nitrogen and oxygen atoms in total. The summed E-state index contributed by atoms with van der Waals surface area (Å²) in [5.41, 5.74) is 1.31. The van der Waals surface area contributed by atoms with E-state index in [0.717, 1.165) is 24.8 Å². The molecule has 0 aliphatic heterocycles. The lowest BCUT2D eigenvalue weighted by Gasteiger charge is -2.29. The van der Waals surface area contributed by atoms with Gasteiger partial charge < -0.3 is 9.42 Å². The molecule has 0 unspecified atom stereocenters. The summed E-state index contributed by atoms with van der Waals surface area (Å²) >= 11 is 0. The van der Waals surface area contributed by atoms with Gasteiger partial charge in [0.1, 0.15) is 0 Å². The Labute approximate surface area is 136 Å². The number of hydrogen-bond acceptors (Lipinski definition) is 4. The molecule has 0 bridgehead atoms. The summed E-state index contributed by atoms with van der Waals surface area (Å²) in [7, 11) is 1.75. The quantitative estimate of drug-likeness (QED) is 0.855. The lowest BCUT2D eigenvalue weighted by atomic mass is 9.84. The smallest absolute Gasteiger partial charge is 0.341 e.